The summed E-state index contributed by atoms with van der Waals surface area (Å²) in [6.07, 6.45) is 1.08. The molecule has 2 amide bonds. The highest BCUT2D eigenvalue weighted by atomic mass is 35.5. The number of hydrogen-bond donors (Lipinski definition) is 2. The monoisotopic (exact) mass is 372 g/mol. The third-order valence-electron chi connectivity index (χ3n) is 3.49. The lowest BCUT2D eigenvalue weighted by Crippen LogP contribution is -2.34. The minimum absolute atomic E-state index is 0.0329. The molecule has 0 aliphatic carbocycles. The number of imide groups is 1. The second-order valence-corrected chi connectivity index (χ2v) is 8.35. The minimum atomic E-state index is -3.51. The van der Waals surface area contributed by atoms with Gasteiger partial charge < -0.3 is 10.4 Å². The lowest BCUT2D eigenvalue weighted by Gasteiger charge is -2.15. The van der Waals surface area contributed by atoms with Crippen LogP contribution in [0.3, 0.4) is 0 Å². The Morgan fingerprint density at radius 1 is 1.29 bits per heavy atom. The van der Waals surface area contributed by atoms with Crippen molar-refractivity contribution < 1.29 is 23.1 Å². The van der Waals surface area contributed by atoms with E-state index in [1.807, 2.05) is 0 Å². The van der Waals surface area contributed by atoms with Crippen molar-refractivity contribution in [2.24, 2.45) is 0 Å². The third-order valence-corrected chi connectivity index (χ3v) is 5.97. The molecule has 24 heavy (non-hydrogen) atoms. The highest BCUT2D eigenvalue weighted by molar-refractivity contribution is 7.92. The molecule has 0 saturated carbocycles. The van der Waals surface area contributed by atoms with Crippen LogP contribution in [0.2, 0.25) is 5.02 Å². The molecule has 1 aliphatic rings. The number of halogens is 1. The van der Waals surface area contributed by atoms with E-state index in [1.165, 1.54) is 18.2 Å². The number of amides is 2. The molecule has 2 N–H and O–H groups in total. The summed E-state index contributed by atoms with van der Waals surface area (Å²) < 4.78 is 24.5. The van der Waals surface area contributed by atoms with E-state index in [4.69, 9.17) is 16.7 Å². The third kappa shape index (κ3) is 3.45. The van der Waals surface area contributed by atoms with Gasteiger partial charge in [-0.3, -0.25) is 14.5 Å². The number of aliphatic hydroxyl groups is 1. The first-order valence-corrected chi connectivity index (χ1v) is 9.09. The summed E-state index contributed by atoms with van der Waals surface area (Å²) in [6, 6.07) is 4.12. The Labute approximate surface area is 144 Å². The Hall–Kier alpha value is -1.90. The van der Waals surface area contributed by atoms with Crippen molar-refractivity contribution in [2.45, 2.75) is 24.0 Å². The fourth-order valence-electron chi connectivity index (χ4n) is 2.10. The second-order valence-electron chi connectivity index (χ2n) is 5.44. The van der Waals surface area contributed by atoms with E-state index >= 15 is 0 Å². The molecule has 0 saturated heterocycles. The van der Waals surface area contributed by atoms with E-state index in [2.05, 4.69) is 5.32 Å². The molecule has 9 heteroatoms. The Bertz CT molecular complexity index is 817. The van der Waals surface area contributed by atoms with E-state index in [1.54, 1.807) is 13.8 Å². The van der Waals surface area contributed by atoms with Crippen molar-refractivity contribution in [1.29, 1.82) is 0 Å². The molecule has 0 aromatic heterocycles. The molecule has 0 radical (unpaired) electrons. The summed E-state index contributed by atoms with van der Waals surface area (Å²) in [4.78, 5) is 24.8. The fraction of sp³-hybridized carbons (Fsp3) is 0.333. The zero-order chi connectivity index (χ0) is 18.1. The van der Waals surface area contributed by atoms with Crippen LogP contribution < -0.4 is 5.32 Å². The predicted octanol–water partition coefficient (Wildman–Crippen LogP) is 1.18. The molecule has 1 aliphatic heterocycles. The zero-order valence-electron chi connectivity index (χ0n) is 13.1. The van der Waals surface area contributed by atoms with Crippen molar-refractivity contribution in [2.75, 3.05) is 18.5 Å². The average Bonchev–Trinajstić information content (AvgIpc) is 2.77. The van der Waals surface area contributed by atoms with Crippen LogP contribution in [-0.2, 0) is 19.4 Å². The number of anilines is 1. The van der Waals surface area contributed by atoms with Gasteiger partial charge in [0.15, 0.2) is 9.84 Å². The van der Waals surface area contributed by atoms with Crippen LogP contribution in [0.25, 0.3) is 0 Å². The van der Waals surface area contributed by atoms with Crippen molar-refractivity contribution in [3.05, 3.63) is 35.0 Å². The maximum atomic E-state index is 12.2. The van der Waals surface area contributed by atoms with Gasteiger partial charge in [-0.25, -0.2) is 8.42 Å². The number of aliphatic hydroxyl groups excluding tert-OH is 1. The van der Waals surface area contributed by atoms with E-state index in [-0.39, 0.29) is 34.5 Å². The van der Waals surface area contributed by atoms with Crippen LogP contribution in [0.1, 0.15) is 13.8 Å². The number of sulfone groups is 1. The highest BCUT2D eigenvalue weighted by Gasteiger charge is 2.31. The molecule has 0 fully saturated rings. The van der Waals surface area contributed by atoms with Crippen LogP contribution in [0.15, 0.2) is 34.9 Å². The van der Waals surface area contributed by atoms with Gasteiger partial charge in [0.05, 0.1) is 34.0 Å². The second kappa shape index (κ2) is 6.92. The van der Waals surface area contributed by atoms with Gasteiger partial charge in [-0.2, -0.15) is 0 Å². The molecule has 1 aromatic rings. The number of rotatable bonds is 6. The number of benzene rings is 1. The van der Waals surface area contributed by atoms with Gasteiger partial charge in [0.1, 0.15) is 5.70 Å². The van der Waals surface area contributed by atoms with Gasteiger partial charge in [0.25, 0.3) is 11.8 Å². The largest absolute Gasteiger partial charge is 0.395 e. The summed E-state index contributed by atoms with van der Waals surface area (Å²) in [6.45, 7) is 2.66. The van der Waals surface area contributed by atoms with Crippen molar-refractivity contribution in [3.8, 4) is 0 Å². The van der Waals surface area contributed by atoms with Crippen molar-refractivity contribution in [1.82, 2.24) is 4.90 Å². The van der Waals surface area contributed by atoms with Crippen molar-refractivity contribution in [3.63, 3.8) is 0 Å². The van der Waals surface area contributed by atoms with Gasteiger partial charge >= 0.3 is 0 Å². The molecule has 0 unspecified atom stereocenters. The Morgan fingerprint density at radius 3 is 2.54 bits per heavy atom. The van der Waals surface area contributed by atoms with Crippen LogP contribution in [0.4, 0.5) is 5.69 Å². The molecular weight excluding hydrogens is 356 g/mol. The maximum absolute atomic E-state index is 12.2. The average molecular weight is 373 g/mol. The van der Waals surface area contributed by atoms with Gasteiger partial charge in [0.2, 0.25) is 0 Å². The topological polar surface area (TPSA) is 104 Å². The summed E-state index contributed by atoms with van der Waals surface area (Å²) in [5, 5.41) is 11.2. The first kappa shape index (κ1) is 18.4. The number of nitrogens with zero attached hydrogens (tertiary/aromatic N) is 1. The standard InChI is InChI=1S/C15H17ClN2O5S/c1-9(2)24(22,23)10-3-4-11(16)12(7-10)17-13-8-14(20)18(5-6-19)15(13)21/h3-4,7-9,17,19H,5-6H2,1-2H3. The molecular formula is C15H17ClN2O5S. The summed E-state index contributed by atoms with van der Waals surface area (Å²) in [7, 11) is -3.51. The molecule has 1 aromatic carbocycles. The van der Waals surface area contributed by atoms with Gasteiger partial charge in [0, 0.05) is 6.08 Å². The summed E-state index contributed by atoms with van der Waals surface area (Å²) >= 11 is 6.05. The Kier molecular flexibility index (Phi) is 5.32. The zero-order valence-corrected chi connectivity index (χ0v) is 14.7. The molecule has 1 heterocycles. The quantitative estimate of drug-likeness (QED) is 0.727. The van der Waals surface area contributed by atoms with Gasteiger partial charge in [-0.1, -0.05) is 11.6 Å². The number of β-amino-alcohol motifs (C(OH)–C–C–N with tert-alkyl or cyclic N) is 1. The molecule has 2 rings (SSSR count). The molecule has 0 bridgehead atoms. The van der Waals surface area contributed by atoms with Gasteiger partial charge in [-0.05, 0) is 32.0 Å². The van der Waals surface area contributed by atoms with Crippen LogP contribution >= 0.6 is 11.6 Å². The predicted molar refractivity (Wildman–Crippen MR) is 89.3 cm³/mol. The number of carbonyl (C=O) groups excluding carboxylic acids is 2. The molecule has 0 atom stereocenters. The summed E-state index contributed by atoms with van der Waals surface area (Å²) in [5.41, 5.74) is 0.172. The molecule has 130 valence electrons. The van der Waals surface area contributed by atoms with Crippen LogP contribution in [0, 0.1) is 0 Å². The van der Waals surface area contributed by atoms with E-state index in [0.29, 0.717) is 0 Å². The molecule has 7 nitrogen and oxygen atoms in total. The fourth-order valence-corrected chi connectivity index (χ4v) is 3.35. The Balaban J connectivity index is 2.33. The lowest BCUT2D eigenvalue weighted by molar-refractivity contribution is -0.137. The number of nitrogens with one attached hydrogen (secondary N) is 1. The highest BCUT2D eigenvalue weighted by Crippen LogP contribution is 2.29. The molecule has 0 spiro atoms. The lowest BCUT2D eigenvalue weighted by atomic mass is 10.3. The minimum Gasteiger partial charge on any atom is -0.395 e. The van der Waals surface area contributed by atoms with Crippen LogP contribution in [-0.4, -0.2) is 48.6 Å². The van der Waals surface area contributed by atoms with Crippen LogP contribution in [0.5, 0.6) is 0 Å². The number of hydrogen-bond acceptors (Lipinski definition) is 6. The van der Waals surface area contributed by atoms with E-state index < -0.39 is 26.9 Å². The van der Waals surface area contributed by atoms with E-state index in [9.17, 15) is 18.0 Å². The van der Waals surface area contributed by atoms with Gasteiger partial charge in [-0.15, -0.1) is 0 Å². The summed E-state index contributed by atoms with van der Waals surface area (Å²) in [5.74, 6) is -1.17. The SMILES string of the molecule is CC(C)S(=O)(=O)c1ccc(Cl)c(NC2=CC(=O)N(CCO)C2=O)c1. The smallest absolute Gasteiger partial charge is 0.277 e. The Morgan fingerprint density at radius 2 is 1.96 bits per heavy atom. The number of carbonyl (C=O) groups is 2. The maximum Gasteiger partial charge on any atom is 0.277 e. The van der Waals surface area contributed by atoms with Crippen molar-refractivity contribution >= 4 is 38.9 Å². The normalized spacial score (nSPS) is 15.2. The first-order valence-electron chi connectivity index (χ1n) is 7.17. The first-order chi connectivity index (χ1) is 11.2. The van der Waals surface area contributed by atoms with E-state index in [0.717, 1.165) is 11.0 Å².